The Morgan fingerprint density at radius 3 is 2.85 bits per heavy atom. The number of carbonyl (C=O) groups is 1. The van der Waals surface area contributed by atoms with Gasteiger partial charge in [0, 0.05) is 9.99 Å². The van der Waals surface area contributed by atoms with Gasteiger partial charge in [0.1, 0.15) is 5.78 Å². The van der Waals surface area contributed by atoms with E-state index in [0.717, 1.165) is 9.13 Å². The van der Waals surface area contributed by atoms with Crippen molar-refractivity contribution >= 4 is 44.3 Å². The van der Waals surface area contributed by atoms with Crippen LogP contribution in [0.4, 0.5) is 0 Å². The quantitative estimate of drug-likeness (QED) is 0.603. The number of Topliss-reactive ketones (excluding diaryl/α,β-unsaturated/α-hetero) is 1. The van der Waals surface area contributed by atoms with Crippen LogP contribution in [0.2, 0.25) is 0 Å². The van der Waals surface area contributed by atoms with E-state index in [-0.39, 0.29) is 5.78 Å². The summed E-state index contributed by atoms with van der Waals surface area (Å²) < 4.78 is 1.16. The zero-order chi connectivity index (χ0) is 9.84. The predicted octanol–water partition coefficient (Wildman–Crippen LogP) is 3.11. The minimum absolute atomic E-state index is 0.225. The summed E-state index contributed by atoms with van der Waals surface area (Å²) in [5.74, 6) is 0.225. The molecule has 0 heterocycles. The van der Waals surface area contributed by atoms with E-state index in [2.05, 4.69) is 50.7 Å². The molecule has 0 unspecified atom stereocenters. The molecule has 1 aromatic rings. The molecule has 0 atom stereocenters. The van der Waals surface area contributed by atoms with Crippen molar-refractivity contribution < 1.29 is 4.79 Å². The average molecular weight is 353 g/mol. The molecular formula is C10H10BrIO. The second kappa shape index (κ2) is 5.10. The maximum atomic E-state index is 11.2. The summed E-state index contributed by atoms with van der Waals surface area (Å²) in [5, 5.41) is 0.441. The fourth-order valence-electron chi connectivity index (χ4n) is 1.10. The van der Waals surface area contributed by atoms with Crippen molar-refractivity contribution in [2.45, 2.75) is 13.3 Å². The van der Waals surface area contributed by atoms with Crippen LogP contribution in [0, 0.1) is 10.5 Å². The first-order valence-corrected chi connectivity index (χ1v) is 6.16. The molecule has 0 aliphatic heterocycles. The normalized spacial score (nSPS) is 10.1. The maximum absolute atomic E-state index is 11.2. The Morgan fingerprint density at radius 2 is 2.23 bits per heavy atom. The van der Waals surface area contributed by atoms with Crippen LogP contribution in [0.25, 0.3) is 0 Å². The minimum Gasteiger partial charge on any atom is -0.298 e. The van der Waals surface area contributed by atoms with Gasteiger partial charge in [-0.1, -0.05) is 33.6 Å². The van der Waals surface area contributed by atoms with Gasteiger partial charge in [-0.05, 0) is 41.1 Å². The highest BCUT2D eigenvalue weighted by Crippen LogP contribution is 2.15. The first-order valence-electron chi connectivity index (χ1n) is 3.96. The number of halogens is 2. The van der Waals surface area contributed by atoms with E-state index >= 15 is 0 Å². The lowest BCUT2D eigenvalue weighted by molar-refractivity contribution is -0.115. The maximum Gasteiger partial charge on any atom is 0.147 e. The summed E-state index contributed by atoms with van der Waals surface area (Å²) in [6, 6.07) is 6.18. The summed E-state index contributed by atoms with van der Waals surface area (Å²) in [7, 11) is 0. The van der Waals surface area contributed by atoms with Crippen molar-refractivity contribution in [1.82, 2.24) is 0 Å². The van der Waals surface area contributed by atoms with Gasteiger partial charge in [-0.25, -0.2) is 0 Å². The lowest BCUT2D eigenvalue weighted by atomic mass is 10.1. The van der Waals surface area contributed by atoms with Gasteiger partial charge in [0.05, 0.1) is 5.33 Å². The van der Waals surface area contributed by atoms with Gasteiger partial charge in [0.25, 0.3) is 0 Å². The molecule has 13 heavy (non-hydrogen) atoms. The van der Waals surface area contributed by atoms with E-state index in [4.69, 9.17) is 0 Å². The predicted molar refractivity (Wildman–Crippen MR) is 66.4 cm³/mol. The van der Waals surface area contributed by atoms with Gasteiger partial charge in [-0.15, -0.1) is 0 Å². The van der Waals surface area contributed by atoms with Gasteiger partial charge in [0.2, 0.25) is 0 Å². The molecule has 0 bridgehead atoms. The van der Waals surface area contributed by atoms with Crippen molar-refractivity contribution in [3.05, 3.63) is 32.9 Å². The van der Waals surface area contributed by atoms with Crippen LogP contribution < -0.4 is 0 Å². The lowest BCUT2D eigenvalue weighted by Crippen LogP contribution is -2.05. The fraction of sp³-hybridized carbons (Fsp3) is 0.300. The second-order valence-corrected chi connectivity index (χ2v) is 4.67. The highest BCUT2D eigenvalue weighted by molar-refractivity contribution is 14.1. The van der Waals surface area contributed by atoms with Gasteiger partial charge < -0.3 is 0 Å². The number of benzene rings is 1. The number of aryl methyl sites for hydroxylation is 1. The Balaban J connectivity index is 2.87. The molecule has 70 valence electrons. The molecule has 0 spiro atoms. The van der Waals surface area contributed by atoms with E-state index in [1.165, 1.54) is 5.56 Å². The Kier molecular flexibility index (Phi) is 4.38. The monoisotopic (exact) mass is 352 g/mol. The second-order valence-electron chi connectivity index (χ2n) is 2.94. The van der Waals surface area contributed by atoms with E-state index in [1.807, 2.05) is 13.0 Å². The Bertz CT molecular complexity index is 323. The van der Waals surface area contributed by atoms with Crippen LogP contribution in [0.1, 0.15) is 11.1 Å². The molecule has 1 aromatic carbocycles. The van der Waals surface area contributed by atoms with Crippen molar-refractivity contribution in [2.75, 3.05) is 5.33 Å². The summed E-state index contributed by atoms with van der Waals surface area (Å²) in [5.41, 5.74) is 2.34. The molecule has 0 N–H and O–H groups in total. The number of carbonyl (C=O) groups excluding carboxylic acids is 1. The third-order valence-corrected chi connectivity index (χ3v) is 3.42. The molecule has 0 aromatic heterocycles. The van der Waals surface area contributed by atoms with Crippen LogP contribution in [0.3, 0.4) is 0 Å². The number of ketones is 1. The smallest absolute Gasteiger partial charge is 0.147 e. The summed E-state index contributed by atoms with van der Waals surface area (Å²) >= 11 is 5.42. The standard InChI is InChI=1S/C10H10BrIO/c1-7-2-3-10(12)8(4-7)5-9(13)6-11/h2-4H,5-6H2,1H3. The van der Waals surface area contributed by atoms with Gasteiger partial charge >= 0.3 is 0 Å². The van der Waals surface area contributed by atoms with Gasteiger partial charge in [-0.2, -0.15) is 0 Å². The van der Waals surface area contributed by atoms with Crippen LogP contribution in [-0.4, -0.2) is 11.1 Å². The van der Waals surface area contributed by atoms with E-state index in [0.29, 0.717) is 11.8 Å². The Labute approximate surface area is 100 Å². The van der Waals surface area contributed by atoms with Gasteiger partial charge in [0.15, 0.2) is 0 Å². The Hall–Kier alpha value is 0.1000. The minimum atomic E-state index is 0.225. The molecular weight excluding hydrogens is 343 g/mol. The van der Waals surface area contributed by atoms with Crippen molar-refractivity contribution in [2.24, 2.45) is 0 Å². The molecule has 0 aliphatic carbocycles. The number of hydrogen-bond acceptors (Lipinski definition) is 1. The highest BCUT2D eigenvalue weighted by atomic mass is 127. The Morgan fingerprint density at radius 1 is 1.54 bits per heavy atom. The van der Waals surface area contributed by atoms with Crippen molar-refractivity contribution in [3.63, 3.8) is 0 Å². The van der Waals surface area contributed by atoms with E-state index < -0.39 is 0 Å². The molecule has 0 saturated carbocycles. The third-order valence-electron chi connectivity index (χ3n) is 1.74. The first kappa shape index (κ1) is 11.2. The third kappa shape index (κ3) is 3.38. The highest BCUT2D eigenvalue weighted by Gasteiger charge is 2.05. The molecule has 0 aliphatic rings. The lowest BCUT2D eigenvalue weighted by Gasteiger charge is -2.03. The number of alkyl halides is 1. The molecule has 1 rings (SSSR count). The molecule has 0 radical (unpaired) electrons. The summed E-state index contributed by atoms with van der Waals surface area (Å²) in [6.07, 6.45) is 0.533. The fourth-order valence-corrected chi connectivity index (χ4v) is 1.82. The first-order chi connectivity index (χ1) is 6.13. The largest absolute Gasteiger partial charge is 0.298 e. The van der Waals surface area contributed by atoms with E-state index in [1.54, 1.807) is 0 Å². The zero-order valence-electron chi connectivity index (χ0n) is 7.31. The van der Waals surface area contributed by atoms with Gasteiger partial charge in [-0.3, -0.25) is 4.79 Å². The van der Waals surface area contributed by atoms with Crippen LogP contribution in [-0.2, 0) is 11.2 Å². The summed E-state index contributed by atoms with van der Waals surface area (Å²) in [6.45, 7) is 2.04. The number of rotatable bonds is 3. The van der Waals surface area contributed by atoms with Crippen LogP contribution >= 0.6 is 38.5 Å². The molecule has 0 amide bonds. The van der Waals surface area contributed by atoms with Crippen molar-refractivity contribution in [1.29, 1.82) is 0 Å². The molecule has 1 nitrogen and oxygen atoms in total. The van der Waals surface area contributed by atoms with Crippen LogP contribution in [0.5, 0.6) is 0 Å². The van der Waals surface area contributed by atoms with Crippen molar-refractivity contribution in [3.8, 4) is 0 Å². The van der Waals surface area contributed by atoms with Crippen LogP contribution in [0.15, 0.2) is 18.2 Å². The SMILES string of the molecule is Cc1ccc(I)c(CC(=O)CBr)c1. The number of hydrogen-bond donors (Lipinski definition) is 0. The van der Waals surface area contributed by atoms with E-state index in [9.17, 15) is 4.79 Å². The molecule has 3 heteroatoms. The zero-order valence-corrected chi connectivity index (χ0v) is 11.1. The average Bonchev–Trinajstić information content (AvgIpc) is 2.11. The molecule has 0 saturated heterocycles. The summed E-state index contributed by atoms with van der Waals surface area (Å²) in [4.78, 5) is 11.2. The molecule has 0 fully saturated rings. The topological polar surface area (TPSA) is 17.1 Å².